The van der Waals surface area contributed by atoms with Crippen molar-refractivity contribution in [3.05, 3.63) is 29.8 Å². The molecule has 0 aromatic heterocycles. The summed E-state index contributed by atoms with van der Waals surface area (Å²) in [6.45, 7) is 12.9. The molecule has 0 saturated heterocycles. The van der Waals surface area contributed by atoms with Gasteiger partial charge < -0.3 is 10.1 Å². The highest BCUT2D eigenvalue weighted by Gasteiger charge is 2.39. The first-order valence-corrected chi connectivity index (χ1v) is 9.73. The second kappa shape index (κ2) is 9.75. The van der Waals surface area contributed by atoms with Gasteiger partial charge in [-0.1, -0.05) is 47.6 Å². The van der Waals surface area contributed by atoms with Crippen molar-refractivity contribution in [2.75, 3.05) is 12.4 Å². The van der Waals surface area contributed by atoms with Crippen molar-refractivity contribution < 1.29 is 14.3 Å². The van der Waals surface area contributed by atoms with Crippen LogP contribution in [-0.2, 0) is 9.53 Å². The summed E-state index contributed by atoms with van der Waals surface area (Å²) in [5.74, 6) is 0.559. The minimum atomic E-state index is -0.398. The molecule has 1 aliphatic carbocycles. The van der Waals surface area contributed by atoms with E-state index < -0.39 is 5.97 Å². The average Bonchev–Trinajstić information content (AvgIpc) is 2.61. The standard InChI is InChI=1S/C20H29NO3.C2H6/c1-13(2)16-9-10-20(3,4)12-17(16)18(22)21-15-8-6-7-14(11-15)19(23)24-5;1-2/h6-8,11,13,16-17H,9-10,12H2,1-5H3,(H,21,22);1-2H3. The van der Waals surface area contributed by atoms with Gasteiger partial charge in [-0.2, -0.15) is 0 Å². The van der Waals surface area contributed by atoms with Gasteiger partial charge in [0.05, 0.1) is 12.7 Å². The molecule has 1 aromatic rings. The second-order valence-corrected chi connectivity index (χ2v) is 7.98. The van der Waals surface area contributed by atoms with Crippen LogP contribution in [0.3, 0.4) is 0 Å². The molecule has 1 saturated carbocycles. The average molecular weight is 362 g/mol. The first-order chi connectivity index (χ1) is 12.2. The third-order valence-corrected chi connectivity index (χ3v) is 5.19. The minimum absolute atomic E-state index is 0.00975. The highest BCUT2D eigenvalue weighted by Crippen LogP contribution is 2.44. The van der Waals surface area contributed by atoms with Gasteiger partial charge in [0.2, 0.25) is 5.91 Å². The summed E-state index contributed by atoms with van der Waals surface area (Å²) in [5.41, 5.74) is 1.29. The number of carbonyl (C=O) groups is 2. The van der Waals surface area contributed by atoms with Gasteiger partial charge >= 0.3 is 5.97 Å². The smallest absolute Gasteiger partial charge is 0.337 e. The van der Waals surface area contributed by atoms with Gasteiger partial charge in [0, 0.05) is 11.6 Å². The zero-order valence-electron chi connectivity index (χ0n) is 17.4. The number of methoxy groups -OCH3 is 1. The lowest BCUT2D eigenvalue weighted by Gasteiger charge is -2.41. The number of benzene rings is 1. The Balaban J connectivity index is 0.00000163. The fraction of sp³-hybridized carbons (Fsp3) is 0.636. The maximum absolute atomic E-state index is 12.9. The molecule has 2 rings (SSSR count). The first kappa shape index (κ1) is 22.2. The Labute approximate surface area is 158 Å². The van der Waals surface area contributed by atoms with E-state index in [0.29, 0.717) is 23.1 Å². The molecule has 1 aliphatic rings. The topological polar surface area (TPSA) is 55.4 Å². The molecule has 0 spiro atoms. The number of esters is 1. The van der Waals surface area contributed by atoms with Gasteiger partial charge in [-0.05, 0) is 54.7 Å². The molecule has 4 nitrogen and oxygen atoms in total. The minimum Gasteiger partial charge on any atom is -0.465 e. The number of hydrogen-bond donors (Lipinski definition) is 1. The lowest BCUT2D eigenvalue weighted by Crippen LogP contribution is -2.39. The third kappa shape index (κ3) is 5.86. The number of carbonyl (C=O) groups excluding carboxylic acids is 2. The normalized spacial score (nSPS) is 21.4. The molecule has 4 heteroatoms. The zero-order valence-corrected chi connectivity index (χ0v) is 17.4. The van der Waals surface area contributed by atoms with Gasteiger partial charge in [0.25, 0.3) is 0 Å². The van der Waals surface area contributed by atoms with Crippen LogP contribution in [-0.4, -0.2) is 19.0 Å². The first-order valence-electron chi connectivity index (χ1n) is 9.73. The quantitative estimate of drug-likeness (QED) is 0.717. The Morgan fingerprint density at radius 2 is 1.88 bits per heavy atom. The van der Waals surface area contributed by atoms with E-state index in [1.165, 1.54) is 7.11 Å². The largest absolute Gasteiger partial charge is 0.465 e. The number of nitrogens with one attached hydrogen (secondary N) is 1. The summed E-state index contributed by atoms with van der Waals surface area (Å²) >= 11 is 0. The van der Waals surface area contributed by atoms with E-state index in [4.69, 9.17) is 4.74 Å². The summed E-state index contributed by atoms with van der Waals surface area (Å²) in [5, 5.41) is 3.01. The Kier molecular flexibility index (Phi) is 8.32. The van der Waals surface area contributed by atoms with E-state index in [9.17, 15) is 9.59 Å². The third-order valence-electron chi connectivity index (χ3n) is 5.19. The molecule has 2 unspecified atom stereocenters. The highest BCUT2D eigenvalue weighted by molar-refractivity contribution is 5.95. The van der Waals surface area contributed by atoms with E-state index >= 15 is 0 Å². The number of hydrogen-bond acceptors (Lipinski definition) is 3. The molecule has 0 radical (unpaired) electrons. The van der Waals surface area contributed by atoms with Gasteiger partial charge in [-0.15, -0.1) is 0 Å². The van der Waals surface area contributed by atoms with Gasteiger partial charge in [-0.3, -0.25) is 4.79 Å². The molecule has 2 atom stereocenters. The Morgan fingerprint density at radius 3 is 2.46 bits per heavy atom. The van der Waals surface area contributed by atoms with Crippen molar-refractivity contribution in [1.29, 1.82) is 0 Å². The van der Waals surface area contributed by atoms with E-state index in [1.807, 2.05) is 19.9 Å². The molecule has 1 aromatic carbocycles. The van der Waals surface area contributed by atoms with E-state index in [0.717, 1.165) is 19.3 Å². The number of rotatable bonds is 4. The lowest BCUT2D eigenvalue weighted by molar-refractivity contribution is -0.125. The number of ether oxygens (including phenoxy) is 1. The van der Waals surface area contributed by atoms with Crippen LogP contribution in [0.1, 0.15) is 71.2 Å². The summed E-state index contributed by atoms with van der Waals surface area (Å²) < 4.78 is 4.74. The maximum Gasteiger partial charge on any atom is 0.337 e. The van der Waals surface area contributed by atoms with Gasteiger partial charge in [-0.25, -0.2) is 4.79 Å². The Hall–Kier alpha value is -1.84. The molecule has 26 heavy (non-hydrogen) atoms. The van der Waals surface area contributed by atoms with Crippen molar-refractivity contribution in [3.63, 3.8) is 0 Å². The monoisotopic (exact) mass is 361 g/mol. The molecule has 0 bridgehead atoms. The van der Waals surface area contributed by atoms with Crippen molar-refractivity contribution in [1.82, 2.24) is 0 Å². The van der Waals surface area contributed by atoms with Crippen molar-refractivity contribution in [3.8, 4) is 0 Å². The van der Waals surface area contributed by atoms with Crippen LogP contribution in [0.4, 0.5) is 5.69 Å². The van der Waals surface area contributed by atoms with E-state index in [-0.39, 0.29) is 17.2 Å². The summed E-state index contributed by atoms with van der Waals surface area (Å²) in [4.78, 5) is 24.5. The van der Waals surface area contributed by atoms with E-state index in [1.54, 1.807) is 18.2 Å². The summed E-state index contributed by atoms with van der Waals surface area (Å²) in [7, 11) is 1.35. The molecule has 0 aliphatic heterocycles. The molecular formula is C22H35NO3. The van der Waals surface area contributed by atoms with Gasteiger partial charge in [0.15, 0.2) is 0 Å². The van der Waals surface area contributed by atoms with Crippen LogP contribution in [0.15, 0.2) is 24.3 Å². The Bertz CT molecular complexity index is 607. The van der Waals surface area contributed by atoms with Crippen LogP contribution in [0.2, 0.25) is 0 Å². The molecule has 1 amide bonds. The SMILES string of the molecule is CC.COC(=O)c1cccc(NC(=O)C2CC(C)(C)CCC2C(C)C)c1. The van der Waals surface area contributed by atoms with Crippen LogP contribution in [0.25, 0.3) is 0 Å². The van der Waals surface area contributed by atoms with Crippen molar-refractivity contribution in [2.24, 2.45) is 23.2 Å². The van der Waals surface area contributed by atoms with Crippen molar-refractivity contribution in [2.45, 2.75) is 60.8 Å². The highest BCUT2D eigenvalue weighted by atomic mass is 16.5. The fourth-order valence-corrected chi connectivity index (χ4v) is 3.77. The van der Waals surface area contributed by atoms with Crippen LogP contribution in [0.5, 0.6) is 0 Å². The van der Waals surface area contributed by atoms with Crippen LogP contribution < -0.4 is 5.32 Å². The molecule has 146 valence electrons. The van der Waals surface area contributed by atoms with Crippen LogP contribution >= 0.6 is 0 Å². The molecular weight excluding hydrogens is 326 g/mol. The van der Waals surface area contributed by atoms with Crippen molar-refractivity contribution >= 4 is 17.6 Å². The zero-order chi connectivity index (χ0) is 19.9. The lowest BCUT2D eigenvalue weighted by atomic mass is 9.64. The predicted molar refractivity (Wildman–Crippen MR) is 107 cm³/mol. The molecule has 1 fully saturated rings. The van der Waals surface area contributed by atoms with E-state index in [2.05, 4.69) is 33.0 Å². The fourth-order valence-electron chi connectivity index (χ4n) is 3.77. The summed E-state index contributed by atoms with van der Waals surface area (Å²) in [6, 6.07) is 6.92. The molecule has 1 N–H and O–H groups in total. The maximum atomic E-state index is 12.9. The van der Waals surface area contributed by atoms with Gasteiger partial charge in [0.1, 0.15) is 0 Å². The predicted octanol–water partition coefficient (Wildman–Crippen LogP) is 5.54. The summed E-state index contributed by atoms with van der Waals surface area (Å²) in [6.07, 6.45) is 3.15. The Morgan fingerprint density at radius 1 is 1.23 bits per heavy atom. The number of anilines is 1. The molecule has 0 heterocycles. The second-order valence-electron chi connectivity index (χ2n) is 7.98. The number of amides is 1. The van der Waals surface area contributed by atoms with Crippen LogP contribution in [0, 0.1) is 23.2 Å².